The monoisotopic (exact) mass is 304 g/mol. The molecule has 2 heterocycles. The lowest BCUT2D eigenvalue weighted by molar-refractivity contribution is 0.0240. The minimum Gasteiger partial charge on any atom is -0.444 e. The molecule has 0 aromatic carbocycles. The van der Waals surface area contributed by atoms with Crippen LogP contribution in [0.1, 0.15) is 40.3 Å². The summed E-state index contributed by atoms with van der Waals surface area (Å²) < 4.78 is 53.1. The van der Waals surface area contributed by atoms with Gasteiger partial charge in [-0.25, -0.2) is 4.79 Å². The summed E-state index contributed by atoms with van der Waals surface area (Å²) in [4.78, 5) is 16.3. The number of amides is 1. The lowest BCUT2D eigenvalue weighted by atomic mass is 10.2. The Kier molecular flexibility index (Phi) is 1.70. The number of aromatic nitrogens is 1. The molecule has 0 saturated heterocycles. The van der Waals surface area contributed by atoms with E-state index in [-0.39, 0.29) is 9.37 Å². The summed E-state index contributed by atoms with van der Waals surface area (Å²) in [7, 11) is 0. The highest BCUT2D eigenvalue weighted by Crippen LogP contribution is 2.25. The van der Waals surface area contributed by atoms with Crippen molar-refractivity contribution in [2.45, 2.75) is 39.4 Å². The fraction of sp³-hybridized carbons (Fsp3) is 0.500. The Labute approximate surface area is 118 Å². The molecular weight excluding hydrogens is 284 g/mol. The fourth-order valence-electron chi connectivity index (χ4n) is 1.16. The van der Waals surface area contributed by atoms with Crippen LogP contribution in [0.4, 0.5) is 4.79 Å². The van der Waals surface area contributed by atoms with Gasteiger partial charge in [-0.1, -0.05) is 0 Å². The van der Waals surface area contributed by atoms with Crippen LogP contribution in [0.25, 0.3) is 0 Å². The molecule has 0 unspecified atom stereocenters. The van der Waals surface area contributed by atoms with Gasteiger partial charge in [-0.15, -0.1) is 0 Å². The Morgan fingerprint density at radius 3 is 3.00 bits per heavy atom. The highest BCUT2D eigenvalue weighted by Gasteiger charge is 2.28. The standard InChI is InChI=1S/C12H15BrN2O2/c1-12(2,3)17-11(16)15-6-8-4-9(13)5-14-10(8)7-15/h4-5H,6-7H2,1-3H3/i4D,5D,6D2,7D2. The van der Waals surface area contributed by atoms with Crippen molar-refractivity contribution in [3.05, 3.63) is 27.9 Å². The third-order valence-corrected chi connectivity index (χ3v) is 2.13. The molecule has 0 N–H and O–H groups in total. The van der Waals surface area contributed by atoms with E-state index < -0.39 is 48.2 Å². The van der Waals surface area contributed by atoms with E-state index in [0.29, 0.717) is 0 Å². The van der Waals surface area contributed by atoms with E-state index in [1.165, 1.54) is 0 Å². The second kappa shape index (κ2) is 4.29. The first kappa shape index (κ1) is 6.73. The van der Waals surface area contributed by atoms with Gasteiger partial charge in [-0.2, -0.15) is 0 Å². The molecule has 0 aliphatic carbocycles. The number of pyridine rings is 1. The molecular formula is C12H15BrN2O2. The van der Waals surface area contributed by atoms with Crippen LogP contribution in [0.15, 0.2) is 16.7 Å². The van der Waals surface area contributed by atoms with Crippen molar-refractivity contribution >= 4 is 22.0 Å². The number of rotatable bonds is 0. The quantitative estimate of drug-likeness (QED) is 0.739. The minimum absolute atomic E-state index is 0.0676. The Hall–Kier alpha value is -1.10. The number of halogens is 1. The first-order chi connectivity index (χ1) is 10.2. The molecule has 0 atom stereocenters. The van der Waals surface area contributed by atoms with Crippen molar-refractivity contribution in [2.24, 2.45) is 0 Å². The van der Waals surface area contributed by atoms with Crippen molar-refractivity contribution in [1.82, 2.24) is 9.88 Å². The molecule has 1 aliphatic heterocycles. The number of fused-ring (bicyclic) bond motifs is 1. The summed E-state index contributed by atoms with van der Waals surface area (Å²) in [5.41, 5.74) is -1.81. The molecule has 1 aliphatic rings. The normalized spacial score (nSPS) is 25.8. The number of carbonyl (C=O) groups excluding carboxylic acids is 1. The molecule has 1 aromatic heterocycles. The second-order valence-corrected chi connectivity index (χ2v) is 5.22. The number of hydrogen-bond donors (Lipinski definition) is 0. The molecule has 0 saturated carbocycles. The van der Waals surface area contributed by atoms with Crippen LogP contribution in [-0.2, 0) is 17.7 Å². The molecule has 4 nitrogen and oxygen atoms in total. The third kappa shape index (κ3) is 2.97. The van der Waals surface area contributed by atoms with Gasteiger partial charge in [0, 0.05) is 10.6 Å². The van der Waals surface area contributed by atoms with E-state index in [1.807, 2.05) is 0 Å². The van der Waals surface area contributed by atoms with E-state index in [4.69, 9.17) is 13.0 Å². The Balaban J connectivity index is 2.66. The van der Waals surface area contributed by atoms with Gasteiger partial charge in [-0.3, -0.25) is 9.88 Å². The summed E-state index contributed by atoms with van der Waals surface area (Å²) in [5.74, 6) is 0. The molecule has 2 rings (SSSR count). The summed E-state index contributed by atoms with van der Waals surface area (Å²) >= 11 is 2.97. The van der Waals surface area contributed by atoms with Gasteiger partial charge in [-0.05, 0) is 48.3 Å². The van der Waals surface area contributed by atoms with E-state index in [0.717, 1.165) is 0 Å². The van der Waals surface area contributed by atoms with E-state index in [2.05, 4.69) is 20.9 Å². The Morgan fingerprint density at radius 2 is 2.35 bits per heavy atom. The highest BCUT2D eigenvalue weighted by molar-refractivity contribution is 9.10. The maximum atomic E-state index is 12.3. The zero-order chi connectivity index (χ0) is 18.0. The lowest BCUT2D eigenvalue weighted by Gasteiger charge is -2.23. The summed E-state index contributed by atoms with van der Waals surface area (Å²) in [6, 6.07) is -0.417. The largest absolute Gasteiger partial charge is 0.444 e. The van der Waals surface area contributed by atoms with Crippen molar-refractivity contribution in [1.29, 1.82) is 0 Å². The van der Waals surface area contributed by atoms with Gasteiger partial charge in [0.1, 0.15) is 5.60 Å². The molecule has 5 heteroatoms. The number of ether oxygens (including phenoxy) is 1. The van der Waals surface area contributed by atoms with E-state index in [1.54, 1.807) is 20.8 Å². The number of carbonyl (C=O) groups is 1. The van der Waals surface area contributed by atoms with Crippen molar-refractivity contribution in [3.8, 4) is 0 Å². The highest BCUT2D eigenvalue weighted by atomic mass is 79.9. The van der Waals surface area contributed by atoms with Crippen LogP contribution in [-0.4, -0.2) is 21.6 Å². The van der Waals surface area contributed by atoms with Crippen molar-refractivity contribution < 1.29 is 17.8 Å². The average Bonchev–Trinajstić information content (AvgIpc) is 2.46. The van der Waals surface area contributed by atoms with Crippen LogP contribution in [0.2, 0.25) is 0 Å². The predicted molar refractivity (Wildman–Crippen MR) is 67.4 cm³/mol. The Morgan fingerprint density at radius 1 is 1.65 bits per heavy atom. The van der Waals surface area contributed by atoms with Gasteiger partial charge in [0.2, 0.25) is 0 Å². The number of hydrogen-bond acceptors (Lipinski definition) is 3. The van der Waals surface area contributed by atoms with Crippen molar-refractivity contribution in [2.75, 3.05) is 0 Å². The number of nitrogens with zero attached hydrogens (tertiary/aromatic N) is 2. The van der Waals surface area contributed by atoms with Gasteiger partial charge in [0.05, 0.1) is 26.9 Å². The molecule has 1 aromatic rings. The van der Waals surface area contributed by atoms with Crippen LogP contribution < -0.4 is 0 Å². The molecule has 0 fully saturated rings. The Bertz CT molecular complexity index is 689. The third-order valence-electron chi connectivity index (χ3n) is 1.75. The average molecular weight is 305 g/mol. The molecule has 17 heavy (non-hydrogen) atoms. The molecule has 0 spiro atoms. The van der Waals surface area contributed by atoms with Crippen LogP contribution in [0.3, 0.4) is 0 Å². The van der Waals surface area contributed by atoms with Gasteiger partial charge >= 0.3 is 6.09 Å². The van der Waals surface area contributed by atoms with Crippen LogP contribution >= 0.6 is 15.9 Å². The SMILES string of the molecule is [2H]c1nc2c(c([2H])c1Br)C([2H])([2H])N(C(=O)OC(C)(C)C)C2([2H])[2H]. The molecule has 1 amide bonds. The zero-order valence-corrected chi connectivity index (χ0v) is 11.2. The van der Waals surface area contributed by atoms with Crippen molar-refractivity contribution in [3.63, 3.8) is 0 Å². The molecule has 0 radical (unpaired) electrons. The zero-order valence-electron chi connectivity index (χ0n) is 15.6. The van der Waals surface area contributed by atoms with Gasteiger partial charge < -0.3 is 4.74 Å². The summed E-state index contributed by atoms with van der Waals surface area (Å²) in [6.07, 6.45) is -1.60. The van der Waals surface area contributed by atoms with E-state index >= 15 is 0 Å². The predicted octanol–water partition coefficient (Wildman–Crippen LogP) is 3.09. The summed E-state index contributed by atoms with van der Waals surface area (Å²) in [6.45, 7) is -0.557. The second-order valence-electron chi connectivity index (χ2n) is 4.43. The summed E-state index contributed by atoms with van der Waals surface area (Å²) in [5, 5.41) is 0. The maximum absolute atomic E-state index is 12.3. The van der Waals surface area contributed by atoms with Gasteiger partial charge in [0.15, 0.2) is 0 Å². The first-order valence-electron chi connectivity index (χ1n) is 7.92. The van der Waals surface area contributed by atoms with E-state index in [9.17, 15) is 4.79 Å². The van der Waals surface area contributed by atoms with Crippen LogP contribution in [0, 0.1) is 0 Å². The molecule has 92 valence electrons. The first-order valence-corrected chi connectivity index (χ1v) is 5.71. The molecule has 0 bridgehead atoms. The smallest absolute Gasteiger partial charge is 0.410 e. The fourth-order valence-corrected chi connectivity index (χ4v) is 1.45. The lowest BCUT2D eigenvalue weighted by Crippen LogP contribution is -2.33. The van der Waals surface area contributed by atoms with Gasteiger partial charge in [0.25, 0.3) is 0 Å². The topological polar surface area (TPSA) is 42.4 Å². The maximum Gasteiger partial charge on any atom is 0.410 e. The van der Waals surface area contributed by atoms with Crippen LogP contribution in [0.5, 0.6) is 0 Å². The minimum atomic E-state index is -2.65.